The molecule has 0 heterocycles. The third-order valence-corrected chi connectivity index (χ3v) is 4.99. The van der Waals surface area contributed by atoms with Gasteiger partial charge in [-0.3, -0.25) is 0 Å². The van der Waals surface area contributed by atoms with Crippen LogP contribution in [0.5, 0.6) is 0 Å². The molecule has 130 valence electrons. The van der Waals surface area contributed by atoms with Crippen molar-refractivity contribution in [2.75, 3.05) is 6.61 Å². The first-order valence-electron chi connectivity index (χ1n) is 9.21. The van der Waals surface area contributed by atoms with Gasteiger partial charge in [-0.05, 0) is 57.3 Å². The Labute approximate surface area is 153 Å². The summed E-state index contributed by atoms with van der Waals surface area (Å²) >= 11 is 0. The zero-order chi connectivity index (χ0) is 18.1. The summed E-state index contributed by atoms with van der Waals surface area (Å²) in [5, 5.41) is 7.45. The minimum absolute atomic E-state index is 0.232. The minimum Gasteiger partial charge on any atom is -0.462 e. The van der Waals surface area contributed by atoms with Gasteiger partial charge in [0, 0.05) is 5.57 Å². The average molecular weight is 342 g/mol. The van der Waals surface area contributed by atoms with Gasteiger partial charge in [0.1, 0.15) is 0 Å². The number of rotatable bonds is 5. The molecule has 0 fully saturated rings. The van der Waals surface area contributed by atoms with Crippen LogP contribution in [0.25, 0.3) is 38.4 Å². The number of benzene rings is 4. The summed E-state index contributed by atoms with van der Waals surface area (Å²) in [4.78, 5) is 12.2. The molecule has 0 amide bonds. The van der Waals surface area contributed by atoms with E-state index < -0.39 is 0 Å². The maximum absolute atomic E-state index is 12.2. The van der Waals surface area contributed by atoms with Crippen LogP contribution in [0.1, 0.15) is 32.3 Å². The maximum Gasteiger partial charge on any atom is 0.333 e. The summed E-state index contributed by atoms with van der Waals surface area (Å²) in [6.45, 7) is 4.40. The first-order valence-corrected chi connectivity index (χ1v) is 9.21. The van der Waals surface area contributed by atoms with Crippen LogP contribution < -0.4 is 0 Å². The highest BCUT2D eigenvalue weighted by atomic mass is 16.5. The van der Waals surface area contributed by atoms with Crippen LogP contribution in [-0.4, -0.2) is 12.6 Å². The van der Waals surface area contributed by atoms with E-state index in [9.17, 15) is 4.79 Å². The highest BCUT2D eigenvalue weighted by molar-refractivity contribution is 6.24. The van der Waals surface area contributed by atoms with Gasteiger partial charge in [-0.2, -0.15) is 0 Å². The molecule has 26 heavy (non-hydrogen) atoms. The lowest BCUT2D eigenvalue weighted by Crippen LogP contribution is -2.06. The Morgan fingerprint density at radius 3 is 2.31 bits per heavy atom. The molecule has 0 atom stereocenters. The van der Waals surface area contributed by atoms with Gasteiger partial charge in [-0.15, -0.1) is 0 Å². The molecule has 0 aromatic heterocycles. The Morgan fingerprint density at radius 1 is 0.923 bits per heavy atom. The Hall–Kier alpha value is -2.87. The number of esters is 1. The predicted molar refractivity (Wildman–Crippen MR) is 110 cm³/mol. The van der Waals surface area contributed by atoms with Gasteiger partial charge in [0.2, 0.25) is 0 Å². The van der Waals surface area contributed by atoms with Crippen molar-refractivity contribution in [3.63, 3.8) is 0 Å². The molecular formula is C24H22O2. The molecule has 0 radical (unpaired) electrons. The Balaban J connectivity index is 1.83. The van der Waals surface area contributed by atoms with Gasteiger partial charge >= 0.3 is 5.97 Å². The largest absolute Gasteiger partial charge is 0.462 e. The van der Waals surface area contributed by atoms with Crippen molar-refractivity contribution in [1.82, 2.24) is 0 Å². The zero-order valence-electron chi connectivity index (χ0n) is 15.2. The molecule has 0 aliphatic rings. The van der Waals surface area contributed by atoms with E-state index in [1.165, 1.54) is 32.3 Å². The first-order chi connectivity index (χ1) is 12.7. The lowest BCUT2D eigenvalue weighted by atomic mass is 9.91. The fourth-order valence-electron chi connectivity index (χ4n) is 3.60. The fraction of sp³-hybridized carbons (Fsp3) is 0.208. The van der Waals surface area contributed by atoms with Crippen molar-refractivity contribution in [3.05, 3.63) is 65.7 Å². The highest BCUT2D eigenvalue weighted by Gasteiger charge is 2.11. The topological polar surface area (TPSA) is 26.3 Å². The van der Waals surface area contributed by atoms with Gasteiger partial charge in [0.25, 0.3) is 0 Å². The zero-order valence-corrected chi connectivity index (χ0v) is 15.2. The molecule has 0 bridgehead atoms. The monoisotopic (exact) mass is 342 g/mol. The van der Waals surface area contributed by atoms with E-state index >= 15 is 0 Å². The summed E-state index contributed by atoms with van der Waals surface area (Å²) in [6, 6.07) is 19.3. The lowest BCUT2D eigenvalue weighted by molar-refractivity contribution is -0.138. The van der Waals surface area contributed by atoms with Crippen molar-refractivity contribution >= 4 is 44.4 Å². The molecule has 0 N–H and O–H groups in total. The lowest BCUT2D eigenvalue weighted by Gasteiger charge is -2.13. The van der Waals surface area contributed by atoms with Crippen molar-refractivity contribution < 1.29 is 9.53 Å². The molecule has 4 aromatic carbocycles. The summed E-state index contributed by atoms with van der Waals surface area (Å²) in [5.41, 5.74) is 1.69. The normalized spacial score (nSPS) is 12.3. The second-order valence-electron chi connectivity index (χ2n) is 6.83. The standard InChI is InChI=1S/C24H22O2/c1-3-4-14-26-24(25)16(2)15-20-11-10-19-9-8-17-6-5-7-18-12-13-21(20)23(19)22(17)18/h5-13,15H,3-4,14H2,1-2H3/b16-15+. The molecule has 0 saturated heterocycles. The van der Waals surface area contributed by atoms with Crippen LogP contribution in [0.15, 0.2) is 60.2 Å². The van der Waals surface area contributed by atoms with Gasteiger partial charge in [-0.1, -0.05) is 67.9 Å². The predicted octanol–water partition coefficient (Wildman–Crippen LogP) is 6.33. The van der Waals surface area contributed by atoms with Crippen molar-refractivity contribution in [2.24, 2.45) is 0 Å². The summed E-state index contributed by atoms with van der Waals surface area (Å²) in [5.74, 6) is -0.232. The molecule has 2 nitrogen and oxygen atoms in total. The second-order valence-corrected chi connectivity index (χ2v) is 6.83. The molecular weight excluding hydrogens is 320 g/mol. The minimum atomic E-state index is -0.232. The van der Waals surface area contributed by atoms with E-state index in [-0.39, 0.29) is 5.97 Å². The van der Waals surface area contributed by atoms with Crippen LogP contribution in [0, 0.1) is 0 Å². The number of hydrogen-bond donors (Lipinski definition) is 0. The molecule has 0 aliphatic carbocycles. The molecule has 2 heteroatoms. The van der Waals surface area contributed by atoms with Crippen LogP contribution in [0.3, 0.4) is 0 Å². The molecule has 0 unspecified atom stereocenters. The van der Waals surface area contributed by atoms with E-state index in [4.69, 9.17) is 4.74 Å². The highest BCUT2D eigenvalue weighted by Crippen LogP contribution is 2.36. The average Bonchev–Trinajstić information content (AvgIpc) is 2.67. The SMILES string of the molecule is CCCCOC(=O)/C(C)=C/c1ccc2ccc3cccc4ccc1c2c34. The van der Waals surface area contributed by atoms with E-state index in [1.807, 2.05) is 13.0 Å². The molecule has 4 rings (SSSR count). The fourth-order valence-corrected chi connectivity index (χ4v) is 3.60. The molecule has 0 aliphatic heterocycles. The van der Waals surface area contributed by atoms with E-state index in [0.717, 1.165) is 18.4 Å². The van der Waals surface area contributed by atoms with Crippen molar-refractivity contribution in [3.8, 4) is 0 Å². The van der Waals surface area contributed by atoms with Crippen LogP contribution >= 0.6 is 0 Å². The van der Waals surface area contributed by atoms with Crippen molar-refractivity contribution in [1.29, 1.82) is 0 Å². The smallest absolute Gasteiger partial charge is 0.333 e. The van der Waals surface area contributed by atoms with E-state index in [1.54, 1.807) is 0 Å². The van der Waals surface area contributed by atoms with E-state index in [0.29, 0.717) is 12.2 Å². The number of hydrogen-bond acceptors (Lipinski definition) is 2. The number of carbonyl (C=O) groups is 1. The third kappa shape index (κ3) is 2.82. The van der Waals surface area contributed by atoms with Crippen molar-refractivity contribution in [2.45, 2.75) is 26.7 Å². The van der Waals surface area contributed by atoms with Crippen LogP contribution in [0.2, 0.25) is 0 Å². The number of carbonyl (C=O) groups excluding carboxylic acids is 1. The summed E-state index contributed by atoms with van der Waals surface area (Å²) in [6.07, 6.45) is 3.86. The number of ether oxygens (including phenoxy) is 1. The van der Waals surface area contributed by atoms with Crippen LogP contribution in [0.4, 0.5) is 0 Å². The first kappa shape index (κ1) is 16.6. The van der Waals surface area contributed by atoms with Crippen LogP contribution in [-0.2, 0) is 9.53 Å². The van der Waals surface area contributed by atoms with E-state index in [2.05, 4.69) is 61.5 Å². The molecule has 0 saturated carbocycles. The third-order valence-electron chi connectivity index (χ3n) is 4.99. The molecule has 4 aromatic rings. The van der Waals surface area contributed by atoms with Gasteiger partial charge in [0.05, 0.1) is 6.61 Å². The maximum atomic E-state index is 12.2. The summed E-state index contributed by atoms with van der Waals surface area (Å²) < 4.78 is 5.33. The van der Waals surface area contributed by atoms with Gasteiger partial charge < -0.3 is 4.74 Å². The second kappa shape index (κ2) is 6.80. The Kier molecular flexibility index (Phi) is 4.34. The summed E-state index contributed by atoms with van der Waals surface area (Å²) in [7, 11) is 0. The van der Waals surface area contributed by atoms with Gasteiger partial charge in [-0.25, -0.2) is 4.79 Å². The quantitative estimate of drug-likeness (QED) is 0.183. The number of unbranched alkanes of at least 4 members (excludes halogenated alkanes) is 1. The Morgan fingerprint density at radius 2 is 1.58 bits per heavy atom. The Bertz CT molecular complexity index is 1110. The van der Waals surface area contributed by atoms with Gasteiger partial charge in [0.15, 0.2) is 0 Å². The molecule has 0 spiro atoms.